The summed E-state index contributed by atoms with van der Waals surface area (Å²) in [7, 11) is 0. The van der Waals surface area contributed by atoms with Crippen LogP contribution in [0.5, 0.6) is 0 Å². The average molecular weight is 471 g/mol. The molecular formula is C28H30N4O3. The molecule has 0 atom stereocenters. The number of nitrogens with one attached hydrogen (secondary N) is 1. The van der Waals surface area contributed by atoms with Gasteiger partial charge in [0.1, 0.15) is 11.3 Å². The summed E-state index contributed by atoms with van der Waals surface area (Å²) in [6.07, 6.45) is 6.01. The smallest absolute Gasteiger partial charge is 0.293 e. The molecule has 0 bridgehead atoms. The summed E-state index contributed by atoms with van der Waals surface area (Å²) in [5.41, 5.74) is 5.22. The number of hydrogen-bond acceptors (Lipinski definition) is 6. The van der Waals surface area contributed by atoms with Crippen LogP contribution in [0, 0.1) is 11.3 Å². The fraction of sp³-hybridized carbons (Fsp3) is 0.357. The number of ether oxygens (including phenoxy) is 1. The molecule has 1 fully saturated rings. The van der Waals surface area contributed by atoms with E-state index >= 15 is 0 Å². The van der Waals surface area contributed by atoms with Gasteiger partial charge < -0.3 is 19.0 Å². The van der Waals surface area contributed by atoms with E-state index in [-0.39, 0.29) is 0 Å². The van der Waals surface area contributed by atoms with Crippen LogP contribution in [0.1, 0.15) is 29.7 Å². The highest BCUT2D eigenvalue weighted by Gasteiger charge is 2.18. The number of aromatic amines is 1. The molecule has 0 saturated carbocycles. The number of piperazine rings is 1. The molecule has 7 nitrogen and oxygen atoms in total. The monoisotopic (exact) mass is 470 g/mol. The molecule has 2 aromatic heterocycles. The van der Waals surface area contributed by atoms with E-state index < -0.39 is 0 Å². The number of nitriles is 1. The van der Waals surface area contributed by atoms with Crippen molar-refractivity contribution in [3.05, 3.63) is 65.5 Å². The zero-order valence-corrected chi connectivity index (χ0v) is 19.8. The lowest BCUT2D eigenvalue weighted by atomic mass is 10.1. The second-order valence-corrected chi connectivity index (χ2v) is 9.12. The minimum atomic E-state index is 0.335. The number of aromatic nitrogens is 1. The first kappa shape index (κ1) is 23.0. The van der Waals surface area contributed by atoms with Crippen LogP contribution in [0.3, 0.4) is 0 Å². The lowest BCUT2D eigenvalue weighted by Gasteiger charge is -2.36. The van der Waals surface area contributed by atoms with E-state index in [2.05, 4.69) is 39.2 Å². The maximum Gasteiger partial charge on any atom is 0.293 e. The molecule has 0 aliphatic carbocycles. The second kappa shape index (κ2) is 10.7. The highest BCUT2D eigenvalue weighted by Crippen LogP contribution is 2.26. The number of benzene rings is 2. The molecule has 0 radical (unpaired) electrons. The van der Waals surface area contributed by atoms with Gasteiger partial charge in [0.05, 0.1) is 18.2 Å². The third-order valence-corrected chi connectivity index (χ3v) is 6.89. The number of aryl methyl sites for hydroxylation is 1. The molecule has 4 aromatic rings. The van der Waals surface area contributed by atoms with Crippen molar-refractivity contribution in [1.82, 2.24) is 9.88 Å². The molecule has 5 rings (SSSR count). The largest absolute Gasteiger partial charge is 0.467 e. The van der Waals surface area contributed by atoms with Gasteiger partial charge in [0.2, 0.25) is 0 Å². The number of unbranched alkanes of at least 4 members (excludes halogenated alkanes) is 1. The van der Waals surface area contributed by atoms with Gasteiger partial charge >= 0.3 is 0 Å². The number of carbonyl (C=O) groups is 1. The summed E-state index contributed by atoms with van der Waals surface area (Å²) in [5, 5.41) is 11.4. The van der Waals surface area contributed by atoms with E-state index in [1.807, 2.05) is 30.3 Å². The lowest BCUT2D eigenvalue weighted by molar-refractivity contribution is -0.128. The highest BCUT2D eigenvalue weighted by molar-refractivity contribution is 5.84. The fourth-order valence-corrected chi connectivity index (χ4v) is 4.95. The van der Waals surface area contributed by atoms with Crippen LogP contribution >= 0.6 is 0 Å². The predicted octanol–water partition coefficient (Wildman–Crippen LogP) is 4.65. The third kappa shape index (κ3) is 5.33. The van der Waals surface area contributed by atoms with Crippen LogP contribution in [-0.2, 0) is 22.4 Å². The van der Waals surface area contributed by atoms with Gasteiger partial charge in [-0.15, -0.1) is 0 Å². The molecule has 3 heterocycles. The van der Waals surface area contributed by atoms with E-state index in [0.717, 1.165) is 67.8 Å². The lowest BCUT2D eigenvalue weighted by Crippen LogP contribution is -2.46. The van der Waals surface area contributed by atoms with Crippen LogP contribution in [-0.4, -0.2) is 55.7 Å². The minimum absolute atomic E-state index is 0.335. The van der Waals surface area contributed by atoms with Crippen molar-refractivity contribution >= 4 is 34.0 Å². The van der Waals surface area contributed by atoms with E-state index in [1.54, 1.807) is 0 Å². The normalized spacial score (nSPS) is 14.4. The van der Waals surface area contributed by atoms with Gasteiger partial charge in [-0.3, -0.25) is 9.69 Å². The Kier molecular flexibility index (Phi) is 7.01. The van der Waals surface area contributed by atoms with Crippen molar-refractivity contribution in [2.45, 2.75) is 25.7 Å². The molecule has 1 aliphatic heterocycles. The molecule has 1 N–H and O–H groups in total. The van der Waals surface area contributed by atoms with E-state index in [4.69, 9.17) is 9.15 Å². The Labute approximate surface area is 204 Å². The van der Waals surface area contributed by atoms with Gasteiger partial charge in [-0.2, -0.15) is 5.26 Å². The summed E-state index contributed by atoms with van der Waals surface area (Å²) in [4.78, 5) is 18.6. The van der Waals surface area contributed by atoms with E-state index in [1.165, 1.54) is 23.1 Å². The van der Waals surface area contributed by atoms with E-state index in [0.29, 0.717) is 25.1 Å². The molecular weight excluding hydrogens is 440 g/mol. The number of fused-ring (bicyclic) bond motifs is 2. The molecule has 7 heteroatoms. The van der Waals surface area contributed by atoms with Crippen molar-refractivity contribution in [3.8, 4) is 6.07 Å². The summed E-state index contributed by atoms with van der Waals surface area (Å²) in [6, 6.07) is 16.5. The summed E-state index contributed by atoms with van der Waals surface area (Å²) >= 11 is 0. The van der Waals surface area contributed by atoms with Crippen LogP contribution in [0.15, 0.2) is 53.1 Å². The summed E-state index contributed by atoms with van der Waals surface area (Å²) in [6.45, 7) is 6.09. The van der Waals surface area contributed by atoms with Gasteiger partial charge in [0.25, 0.3) is 6.47 Å². The molecule has 1 saturated heterocycles. The van der Waals surface area contributed by atoms with Gasteiger partial charge in [0, 0.05) is 60.8 Å². The van der Waals surface area contributed by atoms with E-state index in [9.17, 15) is 10.1 Å². The maximum atomic E-state index is 10.3. The topological polar surface area (TPSA) is 85.5 Å². The molecule has 1 aliphatic rings. The van der Waals surface area contributed by atoms with Crippen LogP contribution < -0.4 is 4.90 Å². The maximum absolute atomic E-state index is 10.3. The molecule has 0 amide bonds. The number of anilines is 1. The zero-order valence-electron chi connectivity index (χ0n) is 19.8. The molecule has 0 unspecified atom stereocenters. The average Bonchev–Trinajstić information content (AvgIpc) is 3.49. The number of rotatable bonds is 10. The summed E-state index contributed by atoms with van der Waals surface area (Å²) < 4.78 is 10.6. The first-order valence-corrected chi connectivity index (χ1v) is 12.3. The predicted molar refractivity (Wildman–Crippen MR) is 137 cm³/mol. The zero-order chi connectivity index (χ0) is 24.0. The Hall–Kier alpha value is -3.76. The second-order valence-electron chi connectivity index (χ2n) is 9.12. The van der Waals surface area contributed by atoms with Crippen molar-refractivity contribution in [1.29, 1.82) is 5.26 Å². The Morgan fingerprint density at radius 3 is 2.77 bits per heavy atom. The molecule has 35 heavy (non-hydrogen) atoms. The highest BCUT2D eigenvalue weighted by atomic mass is 16.5. The van der Waals surface area contributed by atoms with Crippen molar-refractivity contribution < 1.29 is 13.9 Å². The van der Waals surface area contributed by atoms with Crippen molar-refractivity contribution in [3.63, 3.8) is 0 Å². The third-order valence-electron chi connectivity index (χ3n) is 6.89. The Morgan fingerprint density at radius 1 is 1.06 bits per heavy atom. The number of H-pyrrole nitrogens is 1. The van der Waals surface area contributed by atoms with Crippen LogP contribution in [0.4, 0.5) is 5.69 Å². The van der Waals surface area contributed by atoms with Crippen LogP contribution in [0.25, 0.3) is 21.9 Å². The Balaban J connectivity index is 1.08. The Morgan fingerprint density at radius 2 is 1.94 bits per heavy atom. The number of hydrogen-bond donors (Lipinski definition) is 1. The SMILES string of the molecule is N#Cc1ccc2[nH]cc(CCCCN3CCN(c4ccc5oc(CCOC=O)cc5c4)CC3)c2c1. The van der Waals surface area contributed by atoms with Gasteiger partial charge in [-0.1, -0.05) is 0 Å². The van der Waals surface area contributed by atoms with Crippen molar-refractivity contribution in [2.24, 2.45) is 0 Å². The minimum Gasteiger partial charge on any atom is -0.467 e. The number of furan rings is 1. The van der Waals surface area contributed by atoms with Crippen molar-refractivity contribution in [2.75, 3.05) is 44.2 Å². The molecule has 2 aromatic carbocycles. The molecule has 180 valence electrons. The first-order valence-electron chi connectivity index (χ1n) is 12.3. The number of carbonyl (C=O) groups excluding carboxylic acids is 1. The van der Waals surface area contributed by atoms with Gasteiger partial charge in [-0.05, 0) is 73.8 Å². The molecule has 0 spiro atoms. The standard InChI is InChI=1S/C28H30N4O3/c29-18-21-4-6-27-26(15-21)22(19-30-27)3-1-2-9-31-10-12-32(13-11-31)24-5-7-28-23(16-24)17-25(35-28)8-14-34-20-33/h4-7,15-17,19-20,30H,1-3,8-14H2. The van der Waals surface area contributed by atoms with Crippen LogP contribution in [0.2, 0.25) is 0 Å². The quantitative estimate of drug-likeness (QED) is 0.268. The van der Waals surface area contributed by atoms with Gasteiger partial charge in [0.15, 0.2) is 0 Å². The summed E-state index contributed by atoms with van der Waals surface area (Å²) in [5.74, 6) is 0.835. The van der Waals surface area contributed by atoms with Gasteiger partial charge in [-0.25, -0.2) is 0 Å². The first-order chi connectivity index (χ1) is 17.2. The number of nitrogens with zero attached hydrogens (tertiary/aromatic N) is 3. The fourth-order valence-electron chi connectivity index (χ4n) is 4.95. The Bertz CT molecular complexity index is 1340.